The van der Waals surface area contributed by atoms with Crippen molar-refractivity contribution in [2.75, 3.05) is 45.1 Å². The van der Waals surface area contributed by atoms with Crippen LogP contribution in [0.2, 0.25) is 0 Å². The van der Waals surface area contributed by atoms with Crippen molar-refractivity contribution in [1.82, 2.24) is 15.1 Å². The Bertz CT molecular complexity index is 908. The van der Waals surface area contributed by atoms with E-state index in [-0.39, 0.29) is 30.6 Å². The van der Waals surface area contributed by atoms with E-state index in [0.29, 0.717) is 18.7 Å². The highest BCUT2D eigenvalue weighted by molar-refractivity contribution is 5.94. The van der Waals surface area contributed by atoms with Crippen molar-refractivity contribution in [3.8, 4) is 0 Å². The predicted molar refractivity (Wildman–Crippen MR) is 112 cm³/mol. The van der Waals surface area contributed by atoms with E-state index in [0.717, 1.165) is 30.8 Å². The van der Waals surface area contributed by atoms with E-state index >= 15 is 0 Å². The Morgan fingerprint density at radius 2 is 1.68 bits per heavy atom. The molecule has 0 unspecified atom stereocenters. The molecule has 1 aliphatic rings. The standard InChI is InChI=1S/C22H25F3N4O2/c1-28-9-11-29(12-10-28)21(31)17-7-5-16(6-8-17)14-27-20(30)15-26-19-4-2-3-18(13-19)22(23,24)25/h2-8,13,26H,9-12,14-15H2,1H3,(H,27,30). The molecule has 2 aromatic carbocycles. The zero-order valence-corrected chi connectivity index (χ0v) is 17.2. The van der Waals surface area contributed by atoms with Gasteiger partial charge >= 0.3 is 6.18 Å². The predicted octanol–water partition coefficient (Wildman–Crippen LogP) is 2.82. The molecule has 1 aliphatic heterocycles. The monoisotopic (exact) mass is 434 g/mol. The quantitative estimate of drug-likeness (QED) is 0.734. The molecule has 0 spiro atoms. The molecule has 0 aromatic heterocycles. The lowest BCUT2D eigenvalue weighted by Gasteiger charge is -2.32. The molecule has 0 bridgehead atoms. The number of halogens is 3. The van der Waals surface area contributed by atoms with Gasteiger partial charge in [0, 0.05) is 44.0 Å². The molecule has 166 valence electrons. The van der Waals surface area contributed by atoms with Crippen molar-refractivity contribution in [2.45, 2.75) is 12.7 Å². The summed E-state index contributed by atoms with van der Waals surface area (Å²) in [4.78, 5) is 28.6. The lowest BCUT2D eigenvalue weighted by atomic mass is 10.1. The zero-order chi connectivity index (χ0) is 22.4. The molecule has 1 saturated heterocycles. The van der Waals surface area contributed by atoms with Gasteiger partial charge in [-0.3, -0.25) is 9.59 Å². The topological polar surface area (TPSA) is 64.7 Å². The first kappa shape index (κ1) is 22.6. The van der Waals surface area contributed by atoms with Gasteiger partial charge in [-0.15, -0.1) is 0 Å². The van der Waals surface area contributed by atoms with Crippen LogP contribution in [-0.2, 0) is 17.5 Å². The number of nitrogens with zero attached hydrogens (tertiary/aromatic N) is 2. The van der Waals surface area contributed by atoms with Crippen LogP contribution in [0.5, 0.6) is 0 Å². The number of nitrogens with one attached hydrogen (secondary N) is 2. The minimum atomic E-state index is -4.43. The first-order valence-electron chi connectivity index (χ1n) is 9.97. The lowest BCUT2D eigenvalue weighted by molar-refractivity contribution is -0.137. The Hall–Kier alpha value is -3.07. The van der Waals surface area contributed by atoms with Gasteiger partial charge in [-0.2, -0.15) is 13.2 Å². The van der Waals surface area contributed by atoms with Crippen molar-refractivity contribution in [3.63, 3.8) is 0 Å². The number of hydrogen-bond acceptors (Lipinski definition) is 4. The molecule has 9 heteroatoms. The third kappa shape index (κ3) is 6.45. The van der Waals surface area contributed by atoms with Crippen LogP contribution >= 0.6 is 0 Å². The summed E-state index contributed by atoms with van der Waals surface area (Å²) in [5.41, 5.74) is 0.869. The summed E-state index contributed by atoms with van der Waals surface area (Å²) < 4.78 is 38.2. The largest absolute Gasteiger partial charge is 0.416 e. The van der Waals surface area contributed by atoms with E-state index in [1.165, 1.54) is 12.1 Å². The Balaban J connectivity index is 1.46. The summed E-state index contributed by atoms with van der Waals surface area (Å²) in [5.74, 6) is -0.357. The number of rotatable bonds is 6. The van der Waals surface area contributed by atoms with Crippen LogP contribution < -0.4 is 10.6 Å². The first-order chi connectivity index (χ1) is 14.7. The summed E-state index contributed by atoms with van der Waals surface area (Å²) in [6.45, 7) is 3.21. The maximum atomic E-state index is 12.7. The Morgan fingerprint density at radius 3 is 2.32 bits per heavy atom. The lowest BCUT2D eigenvalue weighted by Crippen LogP contribution is -2.47. The Kier molecular flexibility index (Phi) is 7.17. The van der Waals surface area contributed by atoms with E-state index in [4.69, 9.17) is 0 Å². The van der Waals surface area contributed by atoms with Gasteiger partial charge in [-0.05, 0) is 42.9 Å². The maximum Gasteiger partial charge on any atom is 0.416 e. The van der Waals surface area contributed by atoms with Gasteiger partial charge in [0.05, 0.1) is 12.1 Å². The number of hydrogen-bond donors (Lipinski definition) is 2. The molecule has 1 fully saturated rings. The zero-order valence-electron chi connectivity index (χ0n) is 17.2. The van der Waals surface area contributed by atoms with Crippen LogP contribution in [0.3, 0.4) is 0 Å². The van der Waals surface area contributed by atoms with Gasteiger partial charge in [-0.25, -0.2) is 0 Å². The van der Waals surface area contributed by atoms with E-state index in [1.807, 2.05) is 11.9 Å². The summed E-state index contributed by atoms with van der Waals surface area (Å²) >= 11 is 0. The van der Waals surface area contributed by atoms with E-state index < -0.39 is 11.7 Å². The molecule has 6 nitrogen and oxygen atoms in total. The molecule has 0 saturated carbocycles. The van der Waals surface area contributed by atoms with Crippen molar-refractivity contribution in [2.24, 2.45) is 0 Å². The van der Waals surface area contributed by atoms with Crippen LogP contribution in [-0.4, -0.2) is 61.4 Å². The number of alkyl halides is 3. The van der Waals surface area contributed by atoms with Gasteiger partial charge < -0.3 is 20.4 Å². The molecule has 0 atom stereocenters. The molecule has 1 heterocycles. The van der Waals surface area contributed by atoms with Crippen LogP contribution in [0, 0.1) is 0 Å². The summed E-state index contributed by atoms with van der Waals surface area (Å²) in [7, 11) is 2.03. The Labute approximate surface area is 179 Å². The van der Waals surface area contributed by atoms with E-state index in [9.17, 15) is 22.8 Å². The van der Waals surface area contributed by atoms with Crippen molar-refractivity contribution in [1.29, 1.82) is 0 Å². The number of amides is 2. The molecular formula is C22H25F3N4O2. The van der Waals surface area contributed by atoms with Gasteiger partial charge in [0.1, 0.15) is 0 Å². The number of carbonyl (C=O) groups is 2. The second-order valence-electron chi connectivity index (χ2n) is 7.50. The Morgan fingerprint density at radius 1 is 1.00 bits per heavy atom. The van der Waals surface area contributed by atoms with Crippen LogP contribution in [0.4, 0.5) is 18.9 Å². The summed E-state index contributed by atoms with van der Waals surface area (Å²) in [6.07, 6.45) is -4.43. The number of piperazine rings is 1. The van der Waals surface area contributed by atoms with Gasteiger partial charge in [0.25, 0.3) is 5.91 Å². The minimum absolute atomic E-state index is 0.00558. The fourth-order valence-corrected chi connectivity index (χ4v) is 3.21. The summed E-state index contributed by atoms with van der Waals surface area (Å²) in [6, 6.07) is 11.7. The van der Waals surface area contributed by atoms with Crippen LogP contribution in [0.15, 0.2) is 48.5 Å². The van der Waals surface area contributed by atoms with Crippen LogP contribution in [0.1, 0.15) is 21.5 Å². The number of benzene rings is 2. The fraction of sp³-hybridized carbons (Fsp3) is 0.364. The first-order valence-corrected chi connectivity index (χ1v) is 9.97. The van der Waals surface area contributed by atoms with Crippen molar-refractivity contribution < 1.29 is 22.8 Å². The average Bonchev–Trinajstić information content (AvgIpc) is 2.76. The molecule has 0 aliphatic carbocycles. The number of likely N-dealkylation sites (N-methyl/N-ethyl adjacent to an activating group) is 1. The second-order valence-corrected chi connectivity index (χ2v) is 7.50. The molecule has 0 radical (unpaired) electrons. The summed E-state index contributed by atoms with van der Waals surface area (Å²) in [5, 5.41) is 5.40. The highest BCUT2D eigenvalue weighted by atomic mass is 19.4. The molecule has 2 N–H and O–H groups in total. The SMILES string of the molecule is CN1CCN(C(=O)c2ccc(CNC(=O)CNc3cccc(C(F)(F)F)c3)cc2)CC1. The highest BCUT2D eigenvalue weighted by Gasteiger charge is 2.30. The minimum Gasteiger partial charge on any atom is -0.376 e. The number of carbonyl (C=O) groups excluding carboxylic acids is 2. The third-order valence-corrected chi connectivity index (χ3v) is 5.12. The third-order valence-electron chi connectivity index (χ3n) is 5.12. The number of anilines is 1. The highest BCUT2D eigenvalue weighted by Crippen LogP contribution is 2.30. The van der Waals surface area contributed by atoms with E-state index in [2.05, 4.69) is 15.5 Å². The maximum absolute atomic E-state index is 12.7. The van der Waals surface area contributed by atoms with E-state index in [1.54, 1.807) is 24.3 Å². The average molecular weight is 434 g/mol. The van der Waals surface area contributed by atoms with Gasteiger partial charge in [-0.1, -0.05) is 18.2 Å². The fourth-order valence-electron chi connectivity index (χ4n) is 3.21. The van der Waals surface area contributed by atoms with Gasteiger partial charge in [0.2, 0.25) is 5.91 Å². The molecule has 31 heavy (non-hydrogen) atoms. The molecule has 2 amide bonds. The molecule has 3 rings (SSSR count). The normalized spacial score (nSPS) is 14.9. The second kappa shape index (κ2) is 9.82. The van der Waals surface area contributed by atoms with Crippen molar-refractivity contribution in [3.05, 3.63) is 65.2 Å². The molecular weight excluding hydrogens is 409 g/mol. The smallest absolute Gasteiger partial charge is 0.376 e. The van der Waals surface area contributed by atoms with Gasteiger partial charge in [0.15, 0.2) is 0 Å². The van der Waals surface area contributed by atoms with Crippen molar-refractivity contribution >= 4 is 17.5 Å². The van der Waals surface area contributed by atoms with Crippen LogP contribution in [0.25, 0.3) is 0 Å². The molecule has 2 aromatic rings.